The summed E-state index contributed by atoms with van der Waals surface area (Å²) in [5.41, 5.74) is -0.459. The summed E-state index contributed by atoms with van der Waals surface area (Å²) in [6.07, 6.45) is -1.52. The third-order valence-corrected chi connectivity index (χ3v) is 4.13. The van der Waals surface area contributed by atoms with Crippen LogP contribution < -0.4 is 5.32 Å². The Hall–Kier alpha value is -1.34. The Balaban J connectivity index is 2.07. The van der Waals surface area contributed by atoms with Gasteiger partial charge in [0.05, 0.1) is 5.39 Å². The van der Waals surface area contributed by atoms with Crippen LogP contribution in [0, 0.1) is 5.92 Å². The third-order valence-electron chi connectivity index (χ3n) is 3.83. The van der Waals surface area contributed by atoms with Gasteiger partial charge in [0.1, 0.15) is 22.8 Å². The molecule has 3 heterocycles. The number of halogens is 4. The van der Waals surface area contributed by atoms with Gasteiger partial charge in [-0.3, -0.25) is 0 Å². The molecule has 0 atom stereocenters. The second-order valence-corrected chi connectivity index (χ2v) is 5.59. The van der Waals surface area contributed by atoms with Crippen molar-refractivity contribution in [2.24, 2.45) is 5.92 Å². The summed E-state index contributed by atoms with van der Waals surface area (Å²) in [6, 6.07) is 1.04. The van der Waals surface area contributed by atoms with Crippen molar-refractivity contribution in [3.05, 3.63) is 23.2 Å². The summed E-state index contributed by atoms with van der Waals surface area (Å²) in [7, 11) is 0. The van der Waals surface area contributed by atoms with Crippen LogP contribution in [0.3, 0.4) is 0 Å². The van der Waals surface area contributed by atoms with Crippen LogP contribution in [0.25, 0.3) is 11.0 Å². The molecule has 1 aliphatic rings. The van der Waals surface area contributed by atoms with Crippen LogP contribution in [0.1, 0.15) is 18.5 Å². The second kappa shape index (κ2) is 5.46. The van der Waals surface area contributed by atoms with E-state index in [0.717, 1.165) is 32.0 Å². The van der Waals surface area contributed by atoms with Gasteiger partial charge in [0.25, 0.3) is 0 Å². The van der Waals surface area contributed by atoms with Gasteiger partial charge < -0.3 is 9.88 Å². The molecule has 4 nitrogen and oxygen atoms in total. The molecule has 0 amide bonds. The average molecular weight is 319 g/mol. The first kappa shape index (κ1) is 14.6. The van der Waals surface area contributed by atoms with E-state index in [0.29, 0.717) is 6.54 Å². The lowest BCUT2D eigenvalue weighted by Gasteiger charge is -2.24. The molecule has 1 aliphatic heterocycles. The molecule has 0 aromatic carbocycles. The van der Waals surface area contributed by atoms with Crippen LogP contribution in [-0.4, -0.2) is 27.6 Å². The van der Waals surface area contributed by atoms with Gasteiger partial charge in [0, 0.05) is 6.54 Å². The molecule has 2 aromatic heterocycles. The molecule has 2 aromatic rings. The van der Waals surface area contributed by atoms with Crippen molar-refractivity contribution in [2.75, 3.05) is 13.1 Å². The summed E-state index contributed by atoms with van der Waals surface area (Å²) in [5.74, 6) is 0.205. The number of piperidine rings is 1. The molecule has 114 valence electrons. The molecule has 1 saturated heterocycles. The summed E-state index contributed by atoms with van der Waals surface area (Å²) in [4.78, 5) is 7.75. The van der Waals surface area contributed by atoms with Crippen molar-refractivity contribution >= 4 is 22.6 Å². The van der Waals surface area contributed by atoms with E-state index < -0.39 is 11.9 Å². The van der Waals surface area contributed by atoms with Crippen LogP contribution >= 0.6 is 11.6 Å². The van der Waals surface area contributed by atoms with E-state index in [1.807, 2.05) is 0 Å². The Kier molecular flexibility index (Phi) is 3.79. The van der Waals surface area contributed by atoms with Crippen molar-refractivity contribution in [1.82, 2.24) is 19.9 Å². The quantitative estimate of drug-likeness (QED) is 0.865. The van der Waals surface area contributed by atoms with E-state index in [1.54, 1.807) is 0 Å². The highest BCUT2D eigenvalue weighted by Crippen LogP contribution is 2.36. The maximum Gasteiger partial charge on any atom is 0.431 e. The molecule has 0 bridgehead atoms. The van der Waals surface area contributed by atoms with Crippen molar-refractivity contribution in [3.8, 4) is 0 Å². The normalized spacial score (nSPS) is 17.5. The van der Waals surface area contributed by atoms with Crippen LogP contribution in [0.2, 0.25) is 5.15 Å². The van der Waals surface area contributed by atoms with Gasteiger partial charge in [-0.05, 0) is 37.9 Å². The van der Waals surface area contributed by atoms with Gasteiger partial charge in [-0.25, -0.2) is 9.97 Å². The molecular weight excluding hydrogens is 305 g/mol. The highest BCUT2D eigenvalue weighted by molar-refractivity contribution is 6.33. The first-order valence-corrected chi connectivity index (χ1v) is 7.12. The zero-order chi connectivity index (χ0) is 15.0. The number of fused-ring (bicyclic) bond motifs is 1. The van der Waals surface area contributed by atoms with Crippen molar-refractivity contribution in [3.63, 3.8) is 0 Å². The molecule has 0 aliphatic carbocycles. The topological polar surface area (TPSA) is 42.7 Å². The Bertz CT molecular complexity index is 647. The van der Waals surface area contributed by atoms with Crippen LogP contribution in [-0.2, 0) is 12.7 Å². The fourth-order valence-electron chi connectivity index (χ4n) is 2.78. The number of rotatable bonds is 2. The lowest BCUT2D eigenvalue weighted by molar-refractivity contribution is -0.143. The van der Waals surface area contributed by atoms with Gasteiger partial charge >= 0.3 is 6.18 Å². The molecule has 0 saturated carbocycles. The molecule has 3 rings (SSSR count). The molecule has 1 N–H and O–H groups in total. The van der Waals surface area contributed by atoms with Crippen molar-refractivity contribution in [2.45, 2.75) is 25.6 Å². The van der Waals surface area contributed by atoms with E-state index in [1.165, 1.54) is 10.9 Å². The molecule has 0 unspecified atom stereocenters. The Morgan fingerprint density at radius 3 is 2.67 bits per heavy atom. The Labute approximate surface area is 124 Å². The highest BCUT2D eigenvalue weighted by atomic mass is 35.5. The van der Waals surface area contributed by atoms with Gasteiger partial charge in [0.2, 0.25) is 0 Å². The Morgan fingerprint density at radius 2 is 2.00 bits per heavy atom. The summed E-state index contributed by atoms with van der Waals surface area (Å²) in [6.45, 7) is 1.97. The standard InChI is InChI=1S/C13H14ClF3N4/c14-11-9-5-10(13(15,16)17)21(12(9)20-7-19-11)6-8-1-3-18-4-2-8/h5,7-8,18H,1-4,6H2. The fraction of sp³-hybridized carbons (Fsp3) is 0.538. The number of nitrogens with one attached hydrogen (secondary N) is 1. The Morgan fingerprint density at radius 1 is 1.29 bits per heavy atom. The monoisotopic (exact) mass is 318 g/mol. The minimum atomic E-state index is -4.43. The van der Waals surface area contributed by atoms with Gasteiger partial charge in [-0.1, -0.05) is 11.6 Å². The molecular formula is C13H14ClF3N4. The molecule has 1 fully saturated rings. The van der Waals surface area contributed by atoms with E-state index in [9.17, 15) is 13.2 Å². The maximum atomic E-state index is 13.2. The first-order chi connectivity index (χ1) is 9.97. The van der Waals surface area contributed by atoms with E-state index in [-0.39, 0.29) is 22.1 Å². The SMILES string of the molecule is FC(F)(F)c1cc2c(Cl)ncnc2n1CC1CCNCC1. The number of hydrogen-bond acceptors (Lipinski definition) is 3. The van der Waals surface area contributed by atoms with Crippen molar-refractivity contribution in [1.29, 1.82) is 0 Å². The van der Waals surface area contributed by atoms with Crippen LogP contribution in [0.4, 0.5) is 13.2 Å². The molecule has 0 spiro atoms. The molecule has 8 heteroatoms. The predicted molar refractivity (Wildman–Crippen MR) is 73.1 cm³/mol. The van der Waals surface area contributed by atoms with E-state index >= 15 is 0 Å². The van der Waals surface area contributed by atoms with Crippen LogP contribution in [0.5, 0.6) is 0 Å². The van der Waals surface area contributed by atoms with Crippen LogP contribution in [0.15, 0.2) is 12.4 Å². The van der Waals surface area contributed by atoms with Crippen molar-refractivity contribution < 1.29 is 13.2 Å². The average Bonchev–Trinajstić information content (AvgIpc) is 2.80. The summed E-state index contributed by atoms with van der Waals surface area (Å²) in [5, 5.41) is 3.51. The lowest BCUT2D eigenvalue weighted by atomic mass is 9.98. The maximum absolute atomic E-state index is 13.2. The van der Waals surface area contributed by atoms with Gasteiger partial charge in [-0.15, -0.1) is 0 Å². The molecule has 21 heavy (non-hydrogen) atoms. The van der Waals surface area contributed by atoms with Gasteiger partial charge in [0.15, 0.2) is 0 Å². The van der Waals surface area contributed by atoms with E-state index in [2.05, 4.69) is 15.3 Å². The minimum Gasteiger partial charge on any atom is -0.321 e. The largest absolute Gasteiger partial charge is 0.431 e. The fourth-order valence-corrected chi connectivity index (χ4v) is 2.96. The zero-order valence-electron chi connectivity index (χ0n) is 11.1. The third kappa shape index (κ3) is 2.85. The van der Waals surface area contributed by atoms with E-state index in [4.69, 9.17) is 11.6 Å². The van der Waals surface area contributed by atoms with Gasteiger partial charge in [-0.2, -0.15) is 13.2 Å². The summed E-state index contributed by atoms with van der Waals surface area (Å²) < 4.78 is 41.0. The highest BCUT2D eigenvalue weighted by Gasteiger charge is 2.36. The first-order valence-electron chi connectivity index (χ1n) is 6.74. The number of aromatic nitrogens is 3. The minimum absolute atomic E-state index is 0.0505. The zero-order valence-corrected chi connectivity index (χ0v) is 11.9. The molecule has 0 radical (unpaired) electrons. The predicted octanol–water partition coefficient (Wildman–Crippen LogP) is 3.10. The number of nitrogens with zero attached hydrogens (tertiary/aromatic N) is 3. The number of alkyl halides is 3. The second-order valence-electron chi connectivity index (χ2n) is 5.23. The lowest BCUT2D eigenvalue weighted by Crippen LogP contribution is -2.30. The summed E-state index contributed by atoms with van der Waals surface area (Å²) >= 11 is 5.89. The smallest absolute Gasteiger partial charge is 0.321 e. The number of hydrogen-bond donors (Lipinski definition) is 1.